The molecular formula is C16H18N4. The number of nitrogens with two attached hydrogens (primary N) is 1. The van der Waals surface area contributed by atoms with E-state index < -0.39 is 0 Å². The summed E-state index contributed by atoms with van der Waals surface area (Å²) in [5, 5.41) is 8.54. The number of aromatic amines is 1. The van der Waals surface area contributed by atoms with Crippen molar-refractivity contribution in [2.45, 2.75) is 6.54 Å². The molecule has 2 aromatic carbocycles. The molecule has 0 aliphatic carbocycles. The average Bonchev–Trinajstić information content (AvgIpc) is 2.82. The van der Waals surface area contributed by atoms with Crippen molar-refractivity contribution in [3.8, 4) is 11.3 Å². The third-order valence-corrected chi connectivity index (χ3v) is 3.31. The molecule has 0 saturated heterocycles. The van der Waals surface area contributed by atoms with Crippen LogP contribution in [0.4, 0.5) is 5.69 Å². The molecule has 3 N–H and O–H groups in total. The van der Waals surface area contributed by atoms with Gasteiger partial charge in [-0.25, -0.2) is 0 Å². The summed E-state index contributed by atoms with van der Waals surface area (Å²) < 4.78 is 0. The fourth-order valence-electron chi connectivity index (χ4n) is 2.39. The van der Waals surface area contributed by atoms with Gasteiger partial charge in [-0.05, 0) is 37.9 Å². The second kappa shape index (κ2) is 4.98. The van der Waals surface area contributed by atoms with Gasteiger partial charge in [-0.3, -0.25) is 5.10 Å². The summed E-state index contributed by atoms with van der Waals surface area (Å²) >= 11 is 0. The van der Waals surface area contributed by atoms with E-state index in [0.717, 1.165) is 34.4 Å². The van der Waals surface area contributed by atoms with Gasteiger partial charge in [-0.2, -0.15) is 5.10 Å². The third-order valence-electron chi connectivity index (χ3n) is 3.31. The highest BCUT2D eigenvalue weighted by Crippen LogP contribution is 2.27. The molecular weight excluding hydrogens is 248 g/mol. The number of hydrogen-bond donors (Lipinski definition) is 2. The maximum absolute atomic E-state index is 5.79. The molecule has 3 rings (SSSR count). The van der Waals surface area contributed by atoms with Gasteiger partial charge in [0.05, 0.1) is 11.2 Å². The van der Waals surface area contributed by atoms with Crippen molar-refractivity contribution in [1.82, 2.24) is 15.1 Å². The summed E-state index contributed by atoms with van der Waals surface area (Å²) in [7, 11) is 4.14. The van der Waals surface area contributed by atoms with Crippen molar-refractivity contribution < 1.29 is 0 Å². The number of H-pyrrole nitrogens is 1. The molecule has 0 radical (unpaired) electrons. The van der Waals surface area contributed by atoms with Crippen LogP contribution in [0, 0.1) is 0 Å². The first-order valence-electron chi connectivity index (χ1n) is 6.61. The Morgan fingerprint density at radius 1 is 1.10 bits per heavy atom. The monoisotopic (exact) mass is 266 g/mol. The lowest BCUT2D eigenvalue weighted by Crippen LogP contribution is -2.10. The molecule has 3 aromatic rings. The van der Waals surface area contributed by atoms with Crippen molar-refractivity contribution in [2.75, 3.05) is 19.8 Å². The fourth-order valence-corrected chi connectivity index (χ4v) is 2.39. The highest BCUT2D eigenvalue weighted by molar-refractivity contribution is 5.94. The minimum Gasteiger partial charge on any atom is -0.399 e. The van der Waals surface area contributed by atoms with Gasteiger partial charge in [-0.1, -0.05) is 24.3 Å². The van der Waals surface area contributed by atoms with Crippen LogP contribution in [-0.2, 0) is 6.54 Å². The van der Waals surface area contributed by atoms with Crippen LogP contribution in [0.2, 0.25) is 0 Å². The summed E-state index contributed by atoms with van der Waals surface area (Å²) in [4.78, 5) is 2.15. The minimum atomic E-state index is 0.744. The number of nitrogen functional groups attached to an aromatic ring is 1. The molecule has 1 heterocycles. The zero-order valence-electron chi connectivity index (χ0n) is 11.7. The summed E-state index contributed by atoms with van der Waals surface area (Å²) in [6.45, 7) is 0.943. The molecule has 4 heteroatoms. The van der Waals surface area contributed by atoms with E-state index in [1.165, 1.54) is 5.56 Å². The van der Waals surface area contributed by atoms with Crippen molar-refractivity contribution in [3.63, 3.8) is 0 Å². The summed E-state index contributed by atoms with van der Waals surface area (Å²) in [5.41, 5.74) is 10.9. The van der Waals surface area contributed by atoms with Crippen molar-refractivity contribution >= 4 is 16.6 Å². The molecule has 102 valence electrons. The summed E-state index contributed by atoms with van der Waals surface area (Å²) in [6, 6.07) is 14.3. The molecule has 0 aliphatic rings. The fraction of sp³-hybridized carbons (Fsp3) is 0.188. The van der Waals surface area contributed by atoms with Gasteiger partial charge in [0.25, 0.3) is 0 Å². The molecule has 0 fully saturated rings. The molecule has 0 atom stereocenters. The standard InChI is InChI=1S/C16H18N4/c1-20(2)10-11-3-5-12(6-4-11)16-14-8-7-13(17)9-15(14)18-19-16/h3-9H,10,17H2,1-2H3,(H,18,19). The Hall–Kier alpha value is -2.33. The molecule has 0 amide bonds. The Morgan fingerprint density at radius 2 is 1.85 bits per heavy atom. The van der Waals surface area contributed by atoms with Gasteiger partial charge in [0.15, 0.2) is 0 Å². The number of hydrogen-bond acceptors (Lipinski definition) is 3. The van der Waals surface area contributed by atoms with Crippen LogP contribution in [0.25, 0.3) is 22.2 Å². The average molecular weight is 266 g/mol. The Kier molecular flexibility index (Phi) is 3.16. The number of anilines is 1. The lowest BCUT2D eigenvalue weighted by Gasteiger charge is -2.09. The van der Waals surface area contributed by atoms with E-state index in [0.29, 0.717) is 0 Å². The number of rotatable bonds is 3. The lowest BCUT2D eigenvalue weighted by molar-refractivity contribution is 0.402. The van der Waals surface area contributed by atoms with Gasteiger partial charge in [0.2, 0.25) is 0 Å². The quantitative estimate of drug-likeness (QED) is 0.717. The first-order chi connectivity index (χ1) is 9.63. The minimum absolute atomic E-state index is 0.744. The molecule has 1 aromatic heterocycles. The molecule has 0 unspecified atom stereocenters. The maximum atomic E-state index is 5.79. The van der Waals surface area contributed by atoms with E-state index in [9.17, 15) is 0 Å². The van der Waals surface area contributed by atoms with E-state index in [1.807, 2.05) is 18.2 Å². The molecule has 0 aliphatic heterocycles. The van der Waals surface area contributed by atoms with Crippen LogP contribution < -0.4 is 5.73 Å². The highest BCUT2D eigenvalue weighted by atomic mass is 15.1. The zero-order chi connectivity index (χ0) is 14.1. The number of fused-ring (bicyclic) bond motifs is 1. The van der Waals surface area contributed by atoms with Crippen LogP contribution >= 0.6 is 0 Å². The Bertz CT molecular complexity index is 726. The molecule has 0 saturated carbocycles. The van der Waals surface area contributed by atoms with E-state index >= 15 is 0 Å². The maximum Gasteiger partial charge on any atom is 0.0999 e. The van der Waals surface area contributed by atoms with Gasteiger partial charge < -0.3 is 10.6 Å². The van der Waals surface area contributed by atoms with Crippen molar-refractivity contribution in [2.24, 2.45) is 0 Å². The molecule has 20 heavy (non-hydrogen) atoms. The van der Waals surface area contributed by atoms with Gasteiger partial charge >= 0.3 is 0 Å². The van der Waals surface area contributed by atoms with Crippen LogP contribution in [0.5, 0.6) is 0 Å². The SMILES string of the molecule is CN(C)Cc1ccc(-c2n[nH]c3cc(N)ccc23)cc1. The van der Waals surface area contributed by atoms with E-state index in [2.05, 4.69) is 53.5 Å². The summed E-state index contributed by atoms with van der Waals surface area (Å²) in [5.74, 6) is 0. The zero-order valence-corrected chi connectivity index (χ0v) is 11.7. The van der Waals surface area contributed by atoms with Crippen LogP contribution in [0.15, 0.2) is 42.5 Å². The van der Waals surface area contributed by atoms with Crippen LogP contribution in [0.1, 0.15) is 5.56 Å². The predicted molar refractivity (Wildman–Crippen MR) is 83.3 cm³/mol. The Labute approximate surface area is 118 Å². The summed E-state index contributed by atoms with van der Waals surface area (Å²) in [6.07, 6.45) is 0. The molecule has 0 spiro atoms. The normalized spacial score (nSPS) is 11.3. The Morgan fingerprint density at radius 3 is 2.55 bits per heavy atom. The topological polar surface area (TPSA) is 57.9 Å². The number of benzene rings is 2. The third kappa shape index (κ3) is 2.38. The highest BCUT2D eigenvalue weighted by Gasteiger charge is 2.08. The largest absolute Gasteiger partial charge is 0.399 e. The number of nitrogens with zero attached hydrogens (tertiary/aromatic N) is 2. The second-order valence-corrected chi connectivity index (χ2v) is 5.31. The number of aromatic nitrogens is 2. The van der Waals surface area contributed by atoms with E-state index in [4.69, 9.17) is 5.73 Å². The van der Waals surface area contributed by atoms with Crippen molar-refractivity contribution in [1.29, 1.82) is 0 Å². The second-order valence-electron chi connectivity index (χ2n) is 5.31. The van der Waals surface area contributed by atoms with Crippen molar-refractivity contribution in [3.05, 3.63) is 48.0 Å². The first-order valence-corrected chi connectivity index (χ1v) is 6.61. The lowest BCUT2D eigenvalue weighted by atomic mass is 10.1. The number of nitrogens with one attached hydrogen (secondary N) is 1. The van der Waals surface area contributed by atoms with Crippen LogP contribution in [-0.4, -0.2) is 29.2 Å². The van der Waals surface area contributed by atoms with Gasteiger partial charge in [0, 0.05) is 23.2 Å². The molecule has 4 nitrogen and oxygen atoms in total. The van der Waals surface area contributed by atoms with E-state index in [-0.39, 0.29) is 0 Å². The molecule has 0 bridgehead atoms. The van der Waals surface area contributed by atoms with Crippen LogP contribution in [0.3, 0.4) is 0 Å². The predicted octanol–water partition coefficient (Wildman–Crippen LogP) is 2.87. The van der Waals surface area contributed by atoms with Gasteiger partial charge in [0.1, 0.15) is 0 Å². The van der Waals surface area contributed by atoms with Gasteiger partial charge in [-0.15, -0.1) is 0 Å². The smallest absolute Gasteiger partial charge is 0.0999 e. The van der Waals surface area contributed by atoms with E-state index in [1.54, 1.807) is 0 Å². The Balaban J connectivity index is 1.98. The first kappa shape index (κ1) is 12.7.